The molecule has 0 aliphatic heterocycles. The standard InChI is InChI=1S/C21H30O4/c1-2-3-4-5-9-12-20(22)24-18-13-15-19(16-14-18)25-21(23)17-10-7-6-8-11-17/h6-8,10-11,18-19H,2-5,9,12-16H2,1H3. The van der Waals surface area contributed by atoms with Crippen molar-refractivity contribution in [3.63, 3.8) is 0 Å². The van der Waals surface area contributed by atoms with Gasteiger partial charge in [0.05, 0.1) is 5.56 Å². The van der Waals surface area contributed by atoms with Crippen LogP contribution >= 0.6 is 0 Å². The largest absolute Gasteiger partial charge is 0.462 e. The molecule has 0 saturated heterocycles. The first-order valence-electron chi connectivity index (χ1n) is 9.64. The SMILES string of the molecule is CCCCCCCC(=O)OC1CCC(OC(=O)c2ccccc2)CC1. The topological polar surface area (TPSA) is 52.6 Å². The van der Waals surface area contributed by atoms with Gasteiger partial charge in [-0.1, -0.05) is 50.8 Å². The van der Waals surface area contributed by atoms with Gasteiger partial charge in [-0.25, -0.2) is 4.79 Å². The van der Waals surface area contributed by atoms with Gasteiger partial charge in [-0.3, -0.25) is 4.79 Å². The Morgan fingerprint density at radius 2 is 1.48 bits per heavy atom. The van der Waals surface area contributed by atoms with E-state index in [2.05, 4.69) is 6.92 Å². The molecule has 1 aliphatic rings. The summed E-state index contributed by atoms with van der Waals surface area (Å²) in [6.45, 7) is 2.18. The van der Waals surface area contributed by atoms with E-state index in [0.717, 1.165) is 38.5 Å². The second-order valence-electron chi connectivity index (χ2n) is 6.82. The van der Waals surface area contributed by atoms with Crippen molar-refractivity contribution in [3.05, 3.63) is 35.9 Å². The Bertz CT molecular complexity index is 518. The molecule has 1 fully saturated rings. The Kier molecular flexibility index (Phi) is 8.50. The first-order valence-corrected chi connectivity index (χ1v) is 9.64. The molecule has 0 amide bonds. The number of carbonyl (C=O) groups excluding carboxylic acids is 2. The van der Waals surface area contributed by atoms with Gasteiger partial charge in [0.1, 0.15) is 12.2 Å². The van der Waals surface area contributed by atoms with Crippen molar-refractivity contribution in [2.75, 3.05) is 0 Å². The number of hydrogen-bond donors (Lipinski definition) is 0. The zero-order valence-corrected chi connectivity index (χ0v) is 15.2. The third-order valence-electron chi connectivity index (χ3n) is 4.69. The van der Waals surface area contributed by atoms with Crippen LogP contribution in [0.5, 0.6) is 0 Å². The fourth-order valence-corrected chi connectivity index (χ4v) is 3.18. The van der Waals surface area contributed by atoms with E-state index < -0.39 is 0 Å². The van der Waals surface area contributed by atoms with Crippen LogP contribution in [0.15, 0.2) is 30.3 Å². The van der Waals surface area contributed by atoms with Gasteiger partial charge in [0.25, 0.3) is 0 Å². The molecule has 0 radical (unpaired) electrons. The van der Waals surface area contributed by atoms with E-state index in [1.165, 1.54) is 19.3 Å². The lowest BCUT2D eigenvalue weighted by Gasteiger charge is -2.28. The van der Waals surface area contributed by atoms with Crippen molar-refractivity contribution in [2.24, 2.45) is 0 Å². The van der Waals surface area contributed by atoms with E-state index in [-0.39, 0.29) is 24.1 Å². The van der Waals surface area contributed by atoms with Crippen molar-refractivity contribution in [3.8, 4) is 0 Å². The highest BCUT2D eigenvalue weighted by atomic mass is 16.6. The number of hydrogen-bond acceptors (Lipinski definition) is 4. The molecule has 0 bridgehead atoms. The van der Waals surface area contributed by atoms with Crippen LogP contribution in [-0.2, 0) is 14.3 Å². The van der Waals surface area contributed by atoms with Gasteiger partial charge in [0.2, 0.25) is 0 Å². The number of carbonyl (C=O) groups is 2. The van der Waals surface area contributed by atoms with Crippen molar-refractivity contribution >= 4 is 11.9 Å². The highest BCUT2D eigenvalue weighted by molar-refractivity contribution is 5.89. The van der Waals surface area contributed by atoms with Gasteiger partial charge in [0, 0.05) is 6.42 Å². The monoisotopic (exact) mass is 346 g/mol. The van der Waals surface area contributed by atoms with E-state index in [1.807, 2.05) is 18.2 Å². The number of unbranched alkanes of at least 4 members (excludes halogenated alkanes) is 4. The Morgan fingerprint density at radius 3 is 2.12 bits per heavy atom. The zero-order valence-electron chi connectivity index (χ0n) is 15.2. The minimum Gasteiger partial charge on any atom is -0.462 e. The molecule has 0 atom stereocenters. The molecule has 0 aromatic heterocycles. The Morgan fingerprint density at radius 1 is 0.880 bits per heavy atom. The Hall–Kier alpha value is -1.84. The normalized spacial score (nSPS) is 20.0. The third-order valence-corrected chi connectivity index (χ3v) is 4.69. The molecule has 1 saturated carbocycles. The quantitative estimate of drug-likeness (QED) is 0.463. The lowest BCUT2D eigenvalue weighted by molar-refractivity contribution is -0.151. The number of rotatable bonds is 9. The lowest BCUT2D eigenvalue weighted by atomic mass is 9.95. The summed E-state index contributed by atoms with van der Waals surface area (Å²) in [5, 5.41) is 0. The van der Waals surface area contributed by atoms with Crippen molar-refractivity contribution < 1.29 is 19.1 Å². The first kappa shape index (κ1) is 19.5. The molecule has 0 spiro atoms. The number of benzene rings is 1. The molecule has 25 heavy (non-hydrogen) atoms. The minimum atomic E-state index is -0.270. The van der Waals surface area contributed by atoms with E-state index in [1.54, 1.807) is 12.1 Å². The average Bonchev–Trinajstić information content (AvgIpc) is 2.64. The van der Waals surface area contributed by atoms with E-state index in [9.17, 15) is 9.59 Å². The summed E-state index contributed by atoms with van der Waals surface area (Å²) in [5.74, 6) is -0.352. The van der Waals surface area contributed by atoms with Crippen molar-refractivity contribution in [1.82, 2.24) is 0 Å². The minimum absolute atomic E-state index is 0.0187. The van der Waals surface area contributed by atoms with Crippen LogP contribution in [0, 0.1) is 0 Å². The smallest absolute Gasteiger partial charge is 0.338 e. The van der Waals surface area contributed by atoms with Gasteiger partial charge in [0.15, 0.2) is 0 Å². The third kappa shape index (κ3) is 7.29. The highest BCUT2D eigenvalue weighted by Gasteiger charge is 2.26. The van der Waals surface area contributed by atoms with Crippen LogP contribution in [-0.4, -0.2) is 24.1 Å². The molecule has 1 aromatic rings. The molecule has 2 rings (SSSR count). The zero-order chi connectivity index (χ0) is 17.9. The van der Waals surface area contributed by atoms with Crippen LogP contribution < -0.4 is 0 Å². The summed E-state index contributed by atoms with van der Waals surface area (Å²) >= 11 is 0. The van der Waals surface area contributed by atoms with E-state index >= 15 is 0 Å². The van der Waals surface area contributed by atoms with Crippen LogP contribution in [0.1, 0.15) is 81.5 Å². The number of esters is 2. The Balaban J connectivity index is 1.61. The summed E-state index contributed by atoms with van der Waals surface area (Å²) in [5.41, 5.74) is 0.583. The molecule has 0 heterocycles. The molecular formula is C21H30O4. The summed E-state index contributed by atoms with van der Waals surface area (Å²) < 4.78 is 11.1. The van der Waals surface area contributed by atoms with E-state index in [4.69, 9.17) is 9.47 Å². The van der Waals surface area contributed by atoms with Crippen LogP contribution in [0.25, 0.3) is 0 Å². The molecule has 138 valence electrons. The molecular weight excluding hydrogens is 316 g/mol. The van der Waals surface area contributed by atoms with Gasteiger partial charge >= 0.3 is 11.9 Å². The maximum absolute atomic E-state index is 12.1. The molecule has 0 unspecified atom stereocenters. The van der Waals surface area contributed by atoms with E-state index in [0.29, 0.717) is 12.0 Å². The van der Waals surface area contributed by atoms with Gasteiger partial charge in [-0.05, 0) is 44.2 Å². The number of ether oxygens (including phenoxy) is 2. The molecule has 4 nitrogen and oxygen atoms in total. The van der Waals surface area contributed by atoms with Gasteiger partial charge in [-0.15, -0.1) is 0 Å². The highest BCUT2D eigenvalue weighted by Crippen LogP contribution is 2.25. The summed E-state index contributed by atoms with van der Waals surface area (Å²) in [4.78, 5) is 23.9. The molecule has 1 aliphatic carbocycles. The Labute approximate surface area is 150 Å². The maximum atomic E-state index is 12.1. The van der Waals surface area contributed by atoms with Crippen LogP contribution in [0.3, 0.4) is 0 Å². The predicted octanol–water partition coefficient (Wildman–Crippen LogP) is 5.06. The summed E-state index contributed by atoms with van der Waals surface area (Å²) in [6, 6.07) is 9.05. The van der Waals surface area contributed by atoms with Crippen molar-refractivity contribution in [1.29, 1.82) is 0 Å². The first-order chi connectivity index (χ1) is 12.2. The maximum Gasteiger partial charge on any atom is 0.338 e. The van der Waals surface area contributed by atoms with Gasteiger partial charge < -0.3 is 9.47 Å². The second kappa shape index (κ2) is 10.9. The molecule has 1 aromatic carbocycles. The van der Waals surface area contributed by atoms with Gasteiger partial charge in [-0.2, -0.15) is 0 Å². The van der Waals surface area contributed by atoms with Crippen molar-refractivity contribution in [2.45, 2.75) is 83.3 Å². The fourth-order valence-electron chi connectivity index (χ4n) is 3.18. The average molecular weight is 346 g/mol. The summed E-state index contributed by atoms with van der Waals surface area (Å²) in [6.07, 6.45) is 9.15. The van der Waals surface area contributed by atoms with Crippen LogP contribution in [0.2, 0.25) is 0 Å². The molecule has 4 heteroatoms. The predicted molar refractivity (Wildman–Crippen MR) is 97.4 cm³/mol. The summed E-state index contributed by atoms with van der Waals surface area (Å²) in [7, 11) is 0. The van der Waals surface area contributed by atoms with Crippen LogP contribution in [0.4, 0.5) is 0 Å². The second-order valence-corrected chi connectivity index (χ2v) is 6.82. The lowest BCUT2D eigenvalue weighted by Crippen LogP contribution is -2.29. The molecule has 0 N–H and O–H groups in total. The fraction of sp³-hybridized carbons (Fsp3) is 0.619.